The molecule has 1 aromatic carbocycles. The summed E-state index contributed by atoms with van der Waals surface area (Å²) in [4.78, 5) is 0. The van der Waals surface area contributed by atoms with Crippen LogP contribution < -0.4 is 10.1 Å². The Morgan fingerprint density at radius 3 is 2.65 bits per heavy atom. The molecule has 112 valence electrons. The minimum atomic E-state index is 0.505. The highest BCUT2D eigenvalue weighted by Crippen LogP contribution is 2.28. The van der Waals surface area contributed by atoms with Gasteiger partial charge in [-0.2, -0.15) is 0 Å². The smallest absolute Gasteiger partial charge is 0.119 e. The molecule has 0 spiro atoms. The summed E-state index contributed by atoms with van der Waals surface area (Å²) in [6.07, 6.45) is 5.48. The molecule has 0 amide bonds. The Hall–Kier alpha value is -1.02. The Morgan fingerprint density at radius 1 is 1.25 bits per heavy atom. The highest BCUT2D eigenvalue weighted by atomic mass is 16.5. The van der Waals surface area contributed by atoms with E-state index in [4.69, 9.17) is 4.74 Å². The van der Waals surface area contributed by atoms with Gasteiger partial charge in [0.1, 0.15) is 12.4 Å². The minimum absolute atomic E-state index is 0.505. The molecule has 0 radical (unpaired) electrons. The van der Waals surface area contributed by atoms with E-state index in [-0.39, 0.29) is 0 Å². The van der Waals surface area contributed by atoms with Crippen LogP contribution in [0.1, 0.15) is 57.9 Å². The second-order valence-corrected chi connectivity index (χ2v) is 6.25. The Kier molecular flexibility index (Phi) is 5.90. The Balaban J connectivity index is 1.92. The van der Waals surface area contributed by atoms with E-state index in [1.165, 1.54) is 31.2 Å². The van der Waals surface area contributed by atoms with E-state index in [9.17, 15) is 0 Å². The molecular weight excluding hydrogens is 246 g/mol. The van der Waals surface area contributed by atoms with Crippen molar-refractivity contribution in [3.8, 4) is 5.75 Å². The first-order valence-electron chi connectivity index (χ1n) is 8.16. The van der Waals surface area contributed by atoms with Crippen LogP contribution in [0.2, 0.25) is 0 Å². The van der Waals surface area contributed by atoms with Crippen LogP contribution in [0.3, 0.4) is 0 Å². The van der Waals surface area contributed by atoms with E-state index in [1.807, 2.05) is 0 Å². The van der Waals surface area contributed by atoms with Crippen molar-refractivity contribution in [3.05, 3.63) is 29.8 Å². The molecule has 2 heteroatoms. The third kappa shape index (κ3) is 4.24. The van der Waals surface area contributed by atoms with Gasteiger partial charge in [0.15, 0.2) is 0 Å². The molecule has 2 nitrogen and oxygen atoms in total. The summed E-state index contributed by atoms with van der Waals surface area (Å²) in [6.45, 7) is 8.44. The van der Waals surface area contributed by atoms with Crippen LogP contribution in [0.5, 0.6) is 5.75 Å². The zero-order valence-corrected chi connectivity index (χ0v) is 13.2. The van der Waals surface area contributed by atoms with Crippen molar-refractivity contribution in [3.63, 3.8) is 0 Å². The van der Waals surface area contributed by atoms with E-state index in [2.05, 4.69) is 50.4 Å². The van der Waals surface area contributed by atoms with Gasteiger partial charge in [-0.25, -0.2) is 0 Å². The molecule has 1 fully saturated rings. The summed E-state index contributed by atoms with van der Waals surface area (Å²) in [5.41, 5.74) is 1.35. The second-order valence-electron chi connectivity index (χ2n) is 6.25. The normalized spacial score (nSPS) is 17.6. The van der Waals surface area contributed by atoms with E-state index in [1.54, 1.807) is 0 Å². The van der Waals surface area contributed by atoms with Crippen LogP contribution >= 0.6 is 0 Å². The van der Waals surface area contributed by atoms with E-state index < -0.39 is 0 Å². The van der Waals surface area contributed by atoms with E-state index in [0.717, 1.165) is 24.8 Å². The van der Waals surface area contributed by atoms with Gasteiger partial charge in [0.05, 0.1) is 0 Å². The van der Waals surface area contributed by atoms with Crippen LogP contribution in [0.15, 0.2) is 24.3 Å². The van der Waals surface area contributed by atoms with Gasteiger partial charge >= 0.3 is 0 Å². The number of benzene rings is 1. The quantitative estimate of drug-likeness (QED) is 0.798. The molecule has 2 rings (SSSR count). The highest BCUT2D eigenvalue weighted by Gasteiger charge is 2.24. The van der Waals surface area contributed by atoms with Gasteiger partial charge in [0.25, 0.3) is 0 Å². The SMILES string of the molecule is CCNC(COc1cccc(C(C)C)c1)C1CCCC1. The largest absolute Gasteiger partial charge is 0.492 e. The molecule has 1 aliphatic carbocycles. The molecule has 1 saturated carbocycles. The lowest BCUT2D eigenvalue weighted by molar-refractivity contribution is 0.219. The molecule has 0 aliphatic heterocycles. The number of hydrogen-bond acceptors (Lipinski definition) is 2. The fourth-order valence-electron chi connectivity index (χ4n) is 3.13. The lowest BCUT2D eigenvalue weighted by atomic mass is 9.99. The molecule has 20 heavy (non-hydrogen) atoms. The lowest BCUT2D eigenvalue weighted by Gasteiger charge is -2.24. The van der Waals surface area contributed by atoms with Gasteiger partial charge in [0, 0.05) is 6.04 Å². The molecule has 0 aromatic heterocycles. The number of ether oxygens (including phenoxy) is 1. The fraction of sp³-hybridized carbons (Fsp3) is 0.667. The predicted molar refractivity (Wildman–Crippen MR) is 85.4 cm³/mol. The Bertz CT molecular complexity index is 396. The topological polar surface area (TPSA) is 21.3 Å². The van der Waals surface area contributed by atoms with Crippen LogP contribution in [0, 0.1) is 5.92 Å². The number of hydrogen-bond donors (Lipinski definition) is 1. The van der Waals surface area contributed by atoms with Gasteiger partial charge in [-0.3, -0.25) is 0 Å². The second kappa shape index (κ2) is 7.68. The van der Waals surface area contributed by atoms with Gasteiger partial charge in [0.2, 0.25) is 0 Å². The van der Waals surface area contributed by atoms with Gasteiger partial charge in [-0.1, -0.05) is 45.7 Å². The molecule has 0 bridgehead atoms. The van der Waals surface area contributed by atoms with Gasteiger partial charge in [-0.15, -0.1) is 0 Å². The maximum atomic E-state index is 6.06. The highest BCUT2D eigenvalue weighted by molar-refractivity contribution is 5.30. The van der Waals surface area contributed by atoms with Crippen molar-refractivity contribution >= 4 is 0 Å². The van der Waals surface area contributed by atoms with Crippen LogP contribution in [-0.4, -0.2) is 19.2 Å². The number of nitrogens with one attached hydrogen (secondary N) is 1. The van der Waals surface area contributed by atoms with Crippen molar-refractivity contribution in [2.45, 2.75) is 58.4 Å². The van der Waals surface area contributed by atoms with Gasteiger partial charge in [-0.05, 0) is 48.9 Å². The Labute approximate surface area is 123 Å². The Morgan fingerprint density at radius 2 is 2.00 bits per heavy atom. The number of likely N-dealkylation sites (N-methyl/N-ethyl adjacent to an activating group) is 1. The molecular formula is C18H29NO. The molecule has 1 N–H and O–H groups in total. The van der Waals surface area contributed by atoms with Crippen LogP contribution in [0.4, 0.5) is 0 Å². The summed E-state index contributed by atoms with van der Waals surface area (Å²) < 4.78 is 6.06. The summed E-state index contributed by atoms with van der Waals surface area (Å²) in [7, 11) is 0. The minimum Gasteiger partial charge on any atom is -0.492 e. The lowest BCUT2D eigenvalue weighted by Crippen LogP contribution is -2.40. The zero-order chi connectivity index (χ0) is 14.4. The van der Waals surface area contributed by atoms with Crippen molar-refractivity contribution < 1.29 is 4.74 Å². The van der Waals surface area contributed by atoms with Crippen LogP contribution in [-0.2, 0) is 0 Å². The molecule has 1 atom stereocenters. The zero-order valence-electron chi connectivity index (χ0n) is 13.2. The maximum absolute atomic E-state index is 6.06. The number of rotatable bonds is 7. The van der Waals surface area contributed by atoms with Gasteiger partial charge < -0.3 is 10.1 Å². The average molecular weight is 275 g/mol. The average Bonchev–Trinajstić information content (AvgIpc) is 2.97. The summed E-state index contributed by atoms with van der Waals surface area (Å²) in [6, 6.07) is 9.04. The third-order valence-corrected chi connectivity index (χ3v) is 4.39. The maximum Gasteiger partial charge on any atom is 0.119 e. The van der Waals surface area contributed by atoms with Crippen molar-refractivity contribution in [1.29, 1.82) is 0 Å². The van der Waals surface area contributed by atoms with Crippen molar-refractivity contribution in [1.82, 2.24) is 5.32 Å². The standard InChI is InChI=1S/C18H29NO/c1-4-19-18(15-8-5-6-9-15)13-20-17-11-7-10-16(12-17)14(2)3/h7,10-12,14-15,18-19H,4-6,8-9,13H2,1-3H3. The molecule has 0 heterocycles. The predicted octanol–water partition coefficient (Wildman–Crippen LogP) is 4.36. The fourth-order valence-corrected chi connectivity index (χ4v) is 3.13. The monoisotopic (exact) mass is 275 g/mol. The van der Waals surface area contributed by atoms with E-state index >= 15 is 0 Å². The summed E-state index contributed by atoms with van der Waals surface area (Å²) in [5.74, 6) is 2.36. The van der Waals surface area contributed by atoms with E-state index in [0.29, 0.717) is 12.0 Å². The van der Waals surface area contributed by atoms with Crippen LogP contribution in [0.25, 0.3) is 0 Å². The third-order valence-electron chi connectivity index (χ3n) is 4.39. The molecule has 1 aliphatic rings. The summed E-state index contributed by atoms with van der Waals surface area (Å²) >= 11 is 0. The van der Waals surface area contributed by atoms with Crippen molar-refractivity contribution in [2.75, 3.05) is 13.2 Å². The molecule has 0 saturated heterocycles. The first kappa shape index (κ1) is 15.4. The first-order chi connectivity index (χ1) is 9.70. The van der Waals surface area contributed by atoms with Crippen molar-refractivity contribution in [2.24, 2.45) is 5.92 Å². The first-order valence-corrected chi connectivity index (χ1v) is 8.16. The molecule has 1 unspecified atom stereocenters. The molecule has 1 aromatic rings. The summed E-state index contributed by atoms with van der Waals surface area (Å²) in [5, 5.41) is 3.61.